The van der Waals surface area contributed by atoms with Gasteiger partial charge < -0.3 is 9.84 Å². The third kappa shape index (κ3) is 10.7. The Kier molecular flexibility index (Phi) is 9.22. The van der Waals surface area contributed by atoms with E-state index in [4.69, 9.17) is 5.11 Å². The molecule has 0 aromatic rings. The SMILES string of the molecule is C=COC(=O)O.[CaH2]. The Morgan fingerprint density at radius 3 is 2.29 bits per heavy atom. The number of rotatable bonds is 1. The molecule has 0 radical (unpaired) electrons. The summed E-state index contributed by atoms with van der Waals surface area (Å²) in [6.45, 7) is 3.00. The molecule has 0 fully saturated rings. The van der Waals surface area contributed by atoms with Gasteiger partial charge in [0, 0.05) is 0 Å². The molecule has 0 heterocycles. The van der Waals surface area contributed by atoms with E-state index >= 15 is 0 Å². The van der Waals surface area contributed by atoms with E-state index in [-0.39, 0.29) is 37.7 Å². The topological polar surface area (TPSA) is 46.5 Å². The van der Waals surface area contributed by atoms with Crippen molar-refractivity contribution >= 4 is 43.9 Å². The van der Waals surface area contributed by atoms with Gasteiger partial charge in [-0.3, -0.25) is 0 Å². The van der Waals surface area contributed by atoms with Crippen LogP contribution >= 0.6 is 0 Å². The first kappa shape index (κ1) is 10.3. The van der Waals surface area contributed by atoms with E-state index in [0.717, 1.165) is 6.26 Å². The predicted octanol–water partition coefficient (Wildman–Crippen LogP) is -0.0917. The summed E-state index contributed by atoms with van der Waals surface area (Å²) in [4.78, 5) is 9.31. The molecule has 0 saturated heterocycles. The average molecular weight is 130 g/mol. The molecule has 3 nitrogen and oxygen atoms in total. The predicted molar refractivity (Wildman–Crippen MR) is 27.9 cm³/mol. The Labute approximate surface area is 71.0 Å². The molecule has 0 aliphatic heterocycles. The molecule has 0 bridgehead atoms. The van der Waals surface area contributed by atoms with Gasteiger partial charge >= 0.3 is 43.9 Å². The van der Waals surface area contributed by atoms with E-state index in [0.29, 0.717) is 0 Å². The van der Waals surface area contributed by atoms with Gasteiger partial charge in [-0.2, -0.15) is 0 Å². The van der Waals surface area contributed by atoms with Gasteiger partial charge in [0.2, 0.25) is 0 Å². The van der Waals surface area contributed by atoms with Gasteiger partial charge in [-0.1, -0.05) is 6.58 Å². The zero-order valence-electron chi connectivity index (χ0n) is 3.05. The Morgan fingerprint density at radius 2 is 2.29 bits per heavy atom. The quantitative estimate of drug-likeness (QED) is 0.306. The van der Waals surface area contributed by atoms with Crippen LogP contribution < -0.4 is 0 Å². The van der Waals surface area contributed by atoms with Gasteiger partial charge in [-0.25, -0.2) is 4.79 Å². The summed E-state index contributed by atoms with van der Waals surface area (Å²) in [6.07, 6.45) is -0.479. The Morgan fingerprint density at radius 1 is 1.86 bits per heavy atom. The molecule has 1 N–H and O–H groups in total. The van der Waals surface area contributed by atoms with E-state index in [1.807, 2.05) is 0 Å². The Balaban J connectivity index is 0. The van der Waals surface area contributed by atoms with Gasteiger partial charge in [0.25, 0.3) is 0 Å². The number of ether oxygens (including phenoxy) is 1. The molecule has 0 saturated carbocycles. The van der Waals surface area contributed by atoms with Crippen LogP contribution in [-0.2, 0) is 4.74 Å². The van der Waals surface area contributed by atoms with Crippen molar-refractivity contribution in [3.05, 3.63) is 12.8 Å². The van der Waals surface area contributed by atoms with Crippen LogP contribution in [0.5, 0.6) is 0 Å². The summed E-state index contributed by atoms with van der Waals surface area (Å²) in [7, 11) is 0. The first-order chi connectivity index (χ1) is 2.77. The minimum atomic E-state index is -1.33. The summed E-state index contributed by atoms with van der Waals surface area (Å²) in [5.41, 5.74) is 0. The third-order valence-corrected chi connectivity index (χ3v) is 0.184. The van der Waals surface area contributed by atoms with Crippen LogP contribution in [0.15, 0.2) is 12.8 Å². The molecule has 0 spiro atoms. The average Bonchev–Trinajstić information content (AvgIpc) is 1.35. The molecule has 0 rings (SSSR count). The second kappa shape index (κ2) is 6.27. The standard InChI is InChI=1S/C3H4O3.Ca.2H/c1-2-6-3(4)5;;;/h2H,1H2,(H,4,5);;;. The molecule has 7 heavy (non-hydrogen) atoms. The first-order valence-electron chi connectivity index (χ1n) is 1.28. The van der Waals surface area contributed by atoms with Crippen molar-refractivity contribution in [1.29, 1.82) is 0 Å². The number of carbonyl (C=O) groups is 1. The summed E-state index contributed by atoms with van der Waals surface area (Å²) < 4.78 is 3.72. The van der Waals surface area contributed by atoms with Crippen LogP contribution in [0, 0.1) is 0 Å². The van der Waals surface area contributed by atoms with E-state index in [2.05, 4.69) is 11.3 Å². The van der Waals surface area contributed by atoms with E-state index in [1.54, 1.807) is 0 Å². The Hall–Kier alpha value is 0.270. The molecule has 0 aliphatic rings. The maximum atomic E-state index is 9.31. The zero-order valence-corrected chi connectivity index (χ0v) is 3.05. The van der Waals surface area contributed by atoms with Crippen LogP contribution in [0.4, 0.5) is 4.79 Å². The first-order valence-corrected chi connectivity index (χ1v) is 1.28. The molecule has 38 valence electrons. The van der Waals surface area contributed by atoms with E-state index in [9.17, 15) is 4.79 Å². The monoisotopic (exact) mass is 130 g/mol. The van der Waals surface area contributed by atoms with Crippen molar-refractivity contribution in [2.24, 2.45) is 0 Å². The summed E-state index contributed by atoms with van der Waals surface area (Å²) in [5, 5.41) is 7.62. The summed E-state index contributed by atoms with van der Waals surface area (Å²) >= 11 is 0. The van der Waals surface area contributed by atoms with Crippen molar-refractivity contribution in [1.82, 2.24) is 0 Å². The molecule has 0 unspecified atom stereocenters. The van der Waals surface area contributed by atoms with Crippen LogP contribution in [0.2, 0.25) is 0 Å². The number of hydrogen-bond donors (Lipinski definition) is 1. The summed E-state index contributed by atoms with van der Waals surface area (Å²) in [5.74, 6) is 0. The third-order valence-electron chi connectivity index (χ3n) is 0.184. The molecule has 0 aliphatic carbocycles. The van der Waals surface area contributed by atoms with Gasteiger partial charge in [0.05, 0.1) is 6.26 Å². The number of hydrogen-bond acceptors (Lipinski definition) is 2. The van der Waals surface area contributed by atoms with Gasteiger partial charge in [-0.15, -0.1) is 0 Å². The van der Waals surface area contributed by atoms with Gasteiger partial charge in [0.15, 0.2) is 0 Å². The fourth-order valence-electron chi connectivity index (χ4n) is 0.0713. The Bertz CT molecular complexity index is 70.6. The maximum absolute atomic E-state index is 9.31. The normalized spacial score (nSPS) is 5.71. The van der Waals surface area contributed by atoms with E-state index < -0.39 is 6.16 Å². The number of carboxylic acid groups (broad SMARTS) is 1. The molecule has 0 atom stereocenters. The minimum absolute atomic E-state index is 0. The van der Waals surface area contributed by atoms with Crippen molar-refractivity contribution in [3.63, 3.8) is 0 Å². The fraction of sp³-hybridized carbons (Fsp3) is 0. The molecular weight excluding hydrogens is 124 g/mol. The van der Waals surface area contributed by atoms with Gasteiger partial charge in [0.1, 0.15) is 0 Å². The summed E-state index contributed by atoms with van der Waals surface area (Å²) in [6, 6.07) is 0. The molecule has 4 heteroatoms. The van der Waals surface area contributed by atoms with Crippen molar-refractivity contribution in [3.8, 4) is 0 Å². The van der Waals surface area contributed by atoms with Crippen molar-refractivity contribution in [2.45, 2.75) is 0 Å². The van der Waals surface area contributed by atoms with Crippen LogP contribution in [0.1, 0.15) is 0 Å². The van der Waals surface area contributed by atoms with Crippen molar-refractivity contribution in [2.75, 3.05) is 0 Å². The van der Waals surface area contributed by atoms with Gasteiger partial charge in [-0.05, 0) is 0 Å². The second-order valence-electron chi connectivity index (χ2n) is 0.550. The molecule has 0 aromatic carbocycles. The molecule has 0 aromatic heterocycles. The van der Waals surface area contributed by atoms with Crippen LogP contribution in [0.25, 0.3) is 0 Å². The van der Waals surface area contributed by atoms with Crippen molar-refractivity contribution < 1.29 is 14.6 Å². The van der Waals surface area contributed by atoms with Crippen LogP contribution in [0.3, 0.4) is 0 Å². The zero-order chi connectivity index (χ0) is 4.99. The second-order valence-corrected chi connectivity index (χ2v) is 0.550. The fourth-order valence-corrected chi connectivity index (χ4v) is 0.0713. The van der Waals surface area contributed by atoms with Crippen LogP contribution in [-0.4, -0.2) is 49.0 Å². The van der Waals surface area contributed by atoms with E-state index in [1.165, 1.54) is 0 Å². The molecule has 0 amide bonds. The molecular formula is C3H6CaO3.